The fourth-order valence-corrected chi connectivity index (χ4v) is 1.28. The van der Waals surface area contributed by atoms with E-state index in [9.17, 15) is 4.79 Å². The lowest BCUT2D eigenvalue weighted by molar-refractivity contribution is 0.905. The van der Waals surface area contributed by atoms with Gasteiger partial charge in [0.05, 0.1) is 0 Å². The molecule has 0 radical (unpaired) electrons. The quantitative estimate of drug-likeness (QED) is 0.570. The van der Waals surface area contributed by atoms with Crippen molar-refractivity contribution >= 4 is 0 Å². The molecule has 0 atom stereocenters. The molecular formula is C10H9NO. The van der Waals surface area contributed by atoms with E-state index in [2.05, 4.69) is 0 Å². The highest BCUT2D eigenvalue weighted by molar-refractivity contribution is 5.63. The van der Waals surface area contributed by atoms with Gasteiger partial charge in [-0.2, -0.15) is 0 Å². The summed E-state index contributed by atoms with van der Waals surface area (Å²) in [5.41, 5.74) is 2.16. The van der Waals surface area contributed by atoms with E-state index in [1.165, 1.54) is 0 Å². The maximum Gasteiger partial charge on any atom is 0.179 e. The summed E-state index contributed by atoms with van der Waals surface area (Å²) < 4.78 is 1.97. The van der Waals surface area contributed by atoms with Crippen molar-refractivity contribution in [1.82, 2.24) is 4.57 Å². The van der Waals surface area contributed by atoms with Crippen LogP contribution in [0.5, 0.6) is 0 Å². The summed E-state index contributed by atoms with van der Waals surface area (Å²) in [5, 5.41) is 0. The first-order valence-electron chi connectivity index (χ1n) is 3.82. The Hall–Kier alpha value is -1.57. The summed E-state index contributed by atoms with van der Waals surface area (Å²) in [5.74, 6) is 0. The molecule has 0 aromatic heterocycles. The van der Waals surface area contributed by atoms with Crippen LogP contribution in [0, 0.1) is 0 Å². The van der Waals surface area contributed by atoms with Gasteiger partial charge in [-0.3, -0.25) is 4.79 Å². The first-order chi connectivity index (χ1) is 5.75. The van der Waals surface area contributed by atoms with Gasteiger partial charge in [0, 0.05) is 19.4 Å². The zero-order chi connectivity index (χ0) is 8.55. The fourth-order valence-electron chi connectivity index (χ4n) is 1.28. The van der Waals surface area contributed by atoms with Crippen LogP contribution in [0.3, 0.4) is 0 Å². The molecule has 12 heavy (non-hydrogen) atoms. The number of benzene rings is 1. The molecule has 0 fully saturated rings. The molecule has 0 aromatic carbocycles. The first-order valence-corrected chi connectivity index (χ1v) is 3.82. The van der Waals surface area contributed by atoms with Crippen molar-refractivity contribution in [2.75, 3.05) is 0 Å². The van der Waals surface area contributed by atoms with Gasteiger partial charge in [-0.05, 0) is 35.4 Å². The number of hydrogen-bond acceptors (Lipinski definition) is 1. The Morgan fingerprint density at radius 2 is 2.00 bits per heavy atom. The van der Waals surface area contributed by atoms with E-state index in [-0.39, 0.29) is 5.43 Å². The van der Waals surface area contributed by atoms with Crippen molar-refractivity contribution in [2.45, 2.75) is 0 Å². The van der Waals surface area contributed by atoms with Crippen LogP contribution < -0.4 is 5.43 Å². The Balaban J connectivity index is 2.80. The summed E-state index contributed by atoms with van der Waals surface area (Å²) in [7, 11) is 1.96. The molecule has 0 bridgehead atoms. The van der Waals surface area contributed by atoms with Gasteiger partial charge in [-0.1, -0.05) is 0 Å². The van der Waals surface area contributed by atoms with E-state index in [1.807, 2.05) is 36.1 Å². The molecule has 2 aliphatic rings. The van der Waals surface area contributed by atoms with E-state index in [0.29, 0.717) is 0 Å². The summed E-state index contributed by atoms with van der Waals surface area (Å²) in [6.07, 6.45) is 3.93. The zero-order valence-electron chi connectivity index (χ0n) is 6.82. The number of fused-ring (bicyclic) bond motifs is 1. The van der Waals surface area contributed by atoms with Crippen molar-refractivity contribution in [1.29, 1.82) is 0 Å². The zero-order valence-corrected chi connectivity index (χ0v) is 6.82. The second kappa shape index (κ2) is 2.48. The molecule has 1 aliphatic heterocycles. The van der Waals surface area contributed by atoms with E-state index in [4.69, 9.17) is 0 Å². The largest absolute Gasteiger partial charge is 0.357 e. The second-order valence-corrected chi connectivity index (χ2v) is 2.90. The molecule has 1 aliphatic carbocycles. The summed E-state index contributed by atoms with van der Waals surface area (Å²) in [6.45, 7) is 0. The Labute approximate surface area is 70.4 Å². The average molecular weight is 159 g/mol. The maximum absolute atomic E-state index is 11.0. The number of aromatic nitrogens is 1. The van der Waals surface area contributed by atoms with Gasteiger partial charge in [-0.25, -0.2) is 0 Å². The van der Waals surface area contributed by atoms with Gasteiger partial charge in [0.25, 0.3) is 0 Å². The monoisotopic (exact) mass is 159 g/mol. The third-order valence-electron chi connectivity index (χ3n) is 1.89. The molecule has 0 saturated carbocycles. The standard InChI is InChI=1S/C10H9NO/c1-11-5-4-8-6-10(12)3-2-9(8)7-11/h2-7H,1H3. The number of pyridine rings is 1. The summed E-state index contributed by atoms with van der Waals surface area (Å²) >= 11 is 0. The van der Waals surface area contributed by atoms with Gasteiger partial charge in [0.15, 0.2) is 5.43 Å². The molecule has 0 N–H and O–H groups in total. The average Bonchev–Trinajstić information content (AvgIpc) is 2.05. The van der Waals surface area contributed by atoms with Gasteiger partial charge in [-0.15, -0.1) is 0 Å². The van der Waals surface area contributed by atoms with E-state index in [1.54, 1.807) is 12.1 Å². The van der Waals surface area contributed by atoms with Crippen LogP contribution in [0.15, 0.2) is 41.5 Å². The van der Waals surface area contributed by atoms with Gasteiger partial charge in [0.2, 0.25) is 0 Å². The van der Waals surface area contributed by atoms with Gasteiger partial charge in [0.1, 0.15) is 0 Å². The van der Waals surface area contributed by atoms with Crippen LogP contribution >= 0.6 is 0 Å². The molecule has 0 amide bonds. The molecule has 2 rings (SSSR count). The van der Waals surface area contributed by atoms with Crippen molar-refractivity contribution in [3.05, 3.63) is 46.9 Å². The van der Waals surface area contributed by atoms with E-state index >= 15 is 0 Å². The molecule has 1 heterocycles. The van der Waals surface area contributed by atoms with Crippen molar-refractivity contribution in [3.8, 4) is 11.1 Å². The van der Waals surface area contributed by atoms with Crippen LogP contribution in [-0.4, -0.2) is 4.57 Å². The third-order valence-corrected chi connectivity index (χ3v) is 1.89. The molecule has 0 saturated heterocycles. The number of rotatable bonds is 0. The SMILES string of the molecule is Cn1ccc2cc(=O)ccc-2c1. The molecule has 2 nitrogen and oxygen atoms in total. The summed E-state index contributed by atoms with van der Waals surface area (Å²) in [4.78, 5) is 11.0. The molecule has 2 heteroatoms. The molecule has 0 aromatic rings. The predicted octanol–water partition coefficient (Wildman–Crippen LogP) is 1.49. The molecule has 0 spiro atoms. The molecule has 0 unspecified atom stereocenters. The minimum absolute atomic E-state index is 0.0661. The van der Waals surface area contributed by atoms with Crippen molar-refractivity contribution in [3.63, 3.8) is 0 Å². The van der Waals surface area contributed by atoms with Gasteiger partial charge < -0.3 is 4.57 Å². The maximum atomic E-state index is 11.0. The van der Waals surface area contributed by atoms with Crippen LogP contribution in [0.4, 0.5) is 0 Å². The third kappa shape index (κ3) is 1.11. The first kappa shape index (κ1) is 7.10. The Bertz CT molecular complexity index is 430. The van der Waals surface area contributed by atoms with Crippen LogP contribution in [0.25, 0.3) is 11.1 Å². The number of aryl methyl sites for hydroxylation is 1. The Morgan fingerprint density at radius 1 is 1.17 bits per heavy atom. The minimum atomic E-state index is 0.0661. The fraction of sp³-hybridized carbons (Fsp3) is 0.100. The highest BCUT2D eigenvalue weighted by Gasteiger charge is 1.99. The lowest BCUT2D eigenvalue weighted by Gasteiger charge is -2.05. The van der Waals surface area contributed by atoms with Crippen molar-refractivity contribution < 1.29 is 0 Å². The number of nitrogens with zero attached hydrogens (tertiary/aromatic N) is 1. The number of hydrogen-bond donors (Lipinski definition) is 0. The Morgan fingerprint density at radius 3 is 2.83 bits per heavy atom. The predicted molar refractivity (Wildman–Crippen MR) is 48.3 cm³/mol. The van der Waals surface area contributed by atoms with Crippen LogP contribution in [0.1, 0.15) is 0 Å². The Kier molecular flexibility index (Phi) is 1.47. The van der Waals surface area contributed by atoms with Gasteiger partial charge >= 0.3 is 0 Å². The van der Waals surface area contributed by atoms with E-state index in [0.717, 1.165) is 11.1 Å². The minimum Gasteiger partial charge on any atom is -0.357 e. The highest BCUT2D eigenvalue weighted by Crippen LogP contribution is 2.17. The van der Waals surface area contributed by atoms with Crippen LogP contribution in [-0.2, 0) is 7.05 Å². The lowest BCUT2D eigenvalue weighted by atomic mass is 10.1. The molecular weight excluding hydrogens is 150 g/mol. The second-order valence-electron chi connectivity index (χ2n) is 2.90. The van der Waals surface area contributed by atoms with E-state index < -0.39 is 0 Å². The molecule has 60 valence electrons. The van der Waals surface area contributed by atoms with Crippen LogP contribution in [0.2, 0.25) is 0 Å². The topological polar surface area (TPSA) is 22.0 Å². The highest BCUT2D eigenvalue weighted by atomic mass is 16.1. The van der Waals surface area contributed by atoms with Crippen molar-refractivity contribution in [2.24, 2.45) is 7.05 Å². The normalized spacial score (nSPS) is 10.4. The lowest BCUT2D eigenvalue weighted by Crippen LogP contribution is -1.99. The smallest absolute Gasteiger partial charge is 0.179 e. The summed E-state index contributed by atoms with van der Waals surface area (Å²) in [6, 6.07) is 7.02.